The van der Waals surface area contributed by atoms with Gasteiger partial charge in [0.2, 0.25) is 0 Å². The molecule has 0 atom stereocenters. The van der Waals surface area contributed by atoms with Gasteiger partial charge in [-0.05, 0) is 156 Å². The van der Waals surface area contributed by atoms with E-state index >= 15 is 0 Å². The van der Waals surface area contributed by atoms with Crippen LogP contribution in [-0.4, -0.2) is 56.6 Å². The molecular weight excluding hydrogens is 1290 g/mol. The van der Waals surface area contributed by atoms with E-state index in [4.69, 9.17) is 11.5 Å². The van der Waals surface area contributed by atoms with E-state index in [-0.39, 0.29) is 16.2 Å². The third-order valence-electron chi connectivity index (χ3n) is 18.8. The maximum Gasteiger partial charge on any atom is 0.198 e. The molecule has 8 heterocycles. The number of aromatic amines is 4. The Morgan fingerprint density at radius 1 is 0.419 bits per heavy atom. The highest BCUT2D eigenvalue weighted by Gasteiger charge is 2.19. The lowest BCUT2D eigenvalue weighted by Crippen LogP contribution is -2.12. The van der Waals surface area contributed by atoms with Crippen LogP contribution in [0.1, 0.15) is 217 Å². The lowest BCUT2D eigenvalue weighted by molar-refractivity contribution is 0.570. The predicted molar refractivity (Wildman–Crippen MR) is 451 cm³/mol. The van der Waals surface area contributed by atoms with Crippen LogP contribution >= 0.6 is 0 Å². The van der Waals surface area contributed by atoms with E-state index < -0.39 is 0 Å². The van der Waals surface area contributed by atoms with Crippen molar-refractivity contribution in [2.45, 2.75) is 191 Å². The Labute approximate surface area is 623 Å². The van der Waals surface area contributed by atoms with Crippen molar-refractivity contribution in [2.75, 3.05) is 23.3 Å². The molecule has 546 valence electrons. The first-order valence-electron chi connectivity index (χ1n) is 37.2. The highest BCUT2D eigenvalue weighted by Crippen LogP contribution is 2.33. The summed E-state index contributed by atoms with van der Waals surface area (Å²) in [7, 11) is 0. The fourth-order valence-electron chi connectivity index (χ4n) is 12.7. The number of nitrogens with two attached hydrogens (primary N) is 2. The van der Waals surface area contributed by atoms with Gasteiger partial charge in [-0.15, -0.1) is 0 Å². The van der Waals surface area contributed by atoms with E-state index in [1.54, 1.807) is 0 Å². The second-order valence-corrected chi connectivity index (χ2v) is 31.9. The molecule has 13 heteroatoms. The van der Waals surface area contributed by atoms with Crippen LogP contribution in [-0.2, 0) is 22.7 Å². The predicted octanol–water partition coefficient (Wildman–Crippen LogP) is 24.2. The van der Waals surface area contributed by atoms with Crippen LogP contribution in [0.3, 0.4) is 0 Å². The van der Waals surface area contributed by atoms with Gasteiger partial charge in [0.05, 0.1) is 50.0 Å². The maximum absolute atomic E-state index is 5.70. The number of aryl methyl sites for hydroxylation is 1. The Morgan fingerprint density at radius 3 is 1.44 bits per heavy atom. The Bertz CT molecular complexity index is 4970. The maximum atomic E-state index is 5.70. The molecule has 0 saturated heterocycles. The molecule has 8 aromatic carbocycles. The number of hydrogen-bond acceptors (Lipinski definition) is 9. The Kier molecular flexibility index (Phi) is 26.0. The van der Waals surface area contributed by atoms with Crippen molar-refractivity contribution in [2.24, 2.45) is 0 Å². The number of nitrogens with zero attached hydrogens (tertiary/aromatic N) is 6. The summed E-state index contributed by atoms with van der Waals surface area (Å²) < 4.78 is 0. The number of fused-ring (bicyclic) bond motifs is 8. The number of imidazole rings is 2. The fraction of sp³-hybridized carbons (Fsp3) is 0.326. The van der Waals surface area contributed by atoms with E-state index in [1.165, 1.54) is 88.2 Å². The molecule has 1 aliphatic heterocycles. The van der Waals surface area contributed by atoms with Crippen molar-refractivity contribution in [3.05, 3.63) is 269 Å². The van der Waals surface area contributed by atoms with Gasteiger partial charge in [-0.3, -0.25) is 20.1 Å². The lowest BCUT2D eigenvalue weighted by Gasteiger charge is -2.19. The van der Waals surface area contributed by atoms with Gasteiger partial charge in [0.25, 0.3) is 0 Å². The van der Waals surface area contributed by atoms with Crippen LogP contribution in [0.25, 0.3) is 76.3 Å². The summed E-state index contributed by atoms with van der Waals surface area (Å²) in [6, 6.07) is 65.6. The number of benzene rings is 8. The van der Waals surface area contributed by atoms with E-state index in [9.17, 15) is 0 Å². The Balaban J connectivity index is 0.000000139. The van der Waals surface area contributed by atoms with Crippen molar-refractivity contribution in [1.82, 2.24) is 50.1 Å². The lowest BCUT2D eigenvalue weighted by atomic mass is 9.86. The number of para-hydroxylation sites is 3. The quantitative estimate of drug-likeness (QED) is 0.0874. The molecule has 0 aliphatic carbocycles. The van der Waals surface area contributed by atoms with Gasteiger partial charge < -0.3 is 31.7 Å². The van der Waals surface area contributed by atoms with Crippen molar-refractivity contribution >= 4 is 93.8 Å². The third kappa shape index (κ3) is 20.6. The number of nitrogens with one attached hydrogen (secondary N) is 5. The van der Waals surface area contributed by atoms with Crippen LogP contribution in [0.5, 0.6) is 0 Å². The third-order valence-corrected chi connectivity index (χ3v) is 18.8. The molecule has 0 unspecified atom stereocenters. The van der Waals surface area contributed by atoms with Gasteiger partial charge in [-0.2, -0.15) is 5.10 Å². The number of aromatic nitrogens is 10. The normalized spacial score (nSPS) is 11.9. The van der Waals surface area contributed by atoms with Crippen LogP contribution in [0.15, 0.2) is 213 Å². The molecule has 0 radical (unpaired) electrons. The zero-order chi connectivity index (χ0) is 75.9. The monoisotopic (exact) mass is 1400 g/mol. The molecular formula is C92H113N13. The van der Waals surface area contributed by atoms with Crippen molar-refractivity contribution in [3.63, 3.8) is 0 Å². The summed E-state index contributed by atoms with van der Waals surface area (Å²) in [4.78, 5) is 31.3. The number of anilines is 3. The van der Waals surface area contributed by atoms with E-state index in [0.29, 0.717) is 41.4 Å². The molecule has 0 fully saturated rings. The molecule has 0 spiro atoms. The Hall–Kier alpha value is -10.7. The average Bonchev–Trinajstić information content (AvgIpc) is 1.56. The standard InChI is InChI=1S/2C14H16.C13H15N.C11H14N2.2C10H13N3.C10H14N2.C10H12N2/c2*1-14(2,3)13-9-8-11-6-4-5-7-12(11)10-13;1-13(2,3)12-8-10-6-4-5-7-11(10)9-14-12;1-7(2)9-5-4-6-10-11(9)13-8(3)12-10;1-6(2)7-4-3-5-8-9(7)13-10(11)12-8;1-6(2)7-4-3-5-8-9(7)12-13-10(8)11;2*1-7(2)8-3-5-11-9-4-6-12-10(8)9/h2*4-10H,1-3H3;4-9H,1-3H3;4-7H,1-3H3,(H,12,13);2*3-6H,1-2H3,(H3,11,12,13);3,5,7,12H,4,6H2,1-2H3;3-7,12H,1-2H3. The summed E-state index contributed by atoms with van der Waals surface area (Å²) in [6.45, 7) is 44.9. The first-order valence-corrected chi connectivity index (χ1v) is 37.2. The minimum absolute atomic E-state index is 0.129. The van der Waals surface area contributed by atoms with Gasteiger partial charge >= 0.3 is 0 Å². The molecule has 105 heavy (non-hydrogen) atoms. The highest BCUT2D eigenvalue weighted by atomic mass is 15.2. The van der Waals surface area contributed by atoms with Crippen LogP contribution in [0.4, 0.5) is 17.5 Å². The molecule has 0 bridgehead atoms. The number of nitrogen functional groups attached to an aromatic ring is 2. The van der Waals surface area contributed by atoms with Crippen molar-refractivity contribution < 1.29 is 0 Å². The topological polar surface area (TPSA) is 205 Å². The number of H-pyrrole nitrogens is 4. The van der Waals surface area contributed by atoms with Crippen molar-refractivity contribution in [1.29, 1.82) is 0 Å². The zero-order valence-electron chi connectivity index (χ0n) is 65.8. The minimum atomic E-state index is 0.129. The summed E-state index contributed by atoms with van der Waals surface area (Å²) in [5, 5.41) is 19.1. The average molecular weight is 1400 g/mol. The molecule has 1 aliphatic rings. The fourth-order valence-corrected chi connectivity index (χ4v) is 12.7. The van der Waals surface area contributed by atoms with E-state index in [0.717, 1.165) is 63.0 Å². The minimum Gasteiger partial charge on any atom is -0.383 e. The number of pyridine rings is 3. The SMILES string of the molecule is CC(C)(C)c1cc2ccccc2cn1.CC(C)(C)c1ccc2ccccc2c1.CC(C)(C)c1ccc2ccccc2c1.CC(C)c1cccc2[nH]c(N)nc12.CC(C)c1cccc2c(N)n[nH]c12.CC(C)c1ccnc2c1NCC2.CC(C)c1ccnc2cc[nH]c12.Cc1nc2c(C(C)C)cccc2[nH]1. The number of rotatable bonds is 5. The second kappa shape index (κ2) is 34.7. The molecule has 16 rings (SSSR count). The van der Waals surface area contributed by atoms with Crippen LogP contribution in [0, 0.1) is 6.92 Å². The Morgan fingerprint density at radius 2 is 0.895 bits per heavy atom. The molecule has 0 amide bonds. The van der Waals surface area contributed by atoms with Crippen molar-refractivity contribution in [3.8, 4) is 0 Å². The van der Waals surface area contributed by atoms with Gasteiger partial charge in [0.1, 0.15) is 5.82 Å². The smallest absolute Gasteiger partial charge is 0.198 e. The first kappa shape index (κ1) is 78.5. The largest absolute Gasteiger partial charge is 0.383 e. The summed E-state index contributed by atoms with van der Waals surface area (Å²) in [5.74, 6) is 4.70. The van der Waals surface area contributed by atoms with Crippen LogP contribution < -0.4 is 16.8 Å². The van der Waals surface area contributed by atoms with Gasteiger partial charge in [-0.25, -0.2) is 9.97 Å². The molecule has 13 nitrogen and oxygen atoms in total. The zero-order valence-corrected chi connectivity index (χ0v) is 65.8. The van der Waals surface area contributed by atoms with Gasteiger partial charge in [0, 0.05) is 59.6 Å². The highest BCUT2D eigenvalue weighted by molar-refractivity contribution is 5.91. The number of hydrogen-bond donors (Lipinski definition) is 7. The summed E-state index contributed by atoms with van der Waals surface area (Å²) in [5.41, 5.74) is 32.5. The molecule has 7 aromatic heterocycles. The van der Waals surface area contributed by atoms with Crippen LogP contribution in [0.2, 0.25) is 0 Å². The molecule has 15 aromatic rings. The first-order chi connectivity index (χ1) is 49.9. The molecule has 9 N–H and O–H groups in total. The second-order valence-electron chi connectivity index (χ2n) is 31.9. The van der Waals surface area contributed by atoms with Gasteiger partial charge in [-0.1, -0.05) is 277 Å². The van der Waals surface area contributed by atoms with E-state index in [2.05, 4.69) is 339 Å². The van der Waals surface area contributed by atoms with E-state index in [1.807, 2.05) is 68.1 Å². The van der Waals surface area contributed by atoms with Gasteiger partial charge in [0.15, 0.2) is 11.8 Å². The molecule has 0 saturated carbocycles. The summed E-state index contributed by atoms with van der Waals surface area (Å²) in [6.07, 6.45) is 8.75. The summed E-state index contributed by atoms with van der Waals surface area (Å²) >= 11 is 0.